The molecule has 2 aromatic carbocycles. The van der Waals surface area contributed by atoms with E-state index in [2.05, 4.69) is 15.4 Å². The molecule has 25 heavy (non-hydrogen) atoms. The van der Waals surface area contributed by atoms with Gasteiger partial charge in [0.2, 0.25) is 17.7 Å². The average Bonchev–Trinajstić information content (AvgIpc) is 3.25. The van der Waals surface area contributed by atoms with Crippen LogP contribution in [0.1, 0.15) is 24.0 Å². The second-order valence-electron chi connectivity index (χ2n) is 5.63. The maximum absolute atomic E-state index is 9.36. The number of benzene rings is 2. The van der Waals surface area contributed by atoms with Gasteiger partial charge < -0.3 is 19.1 Å². The molecule has 1 aliphatic rings. The van der Waals surface area contributed by atoms with Crippen LogP contribution in [0.4, 0.5) is 0 Å². The number of hydrogen-bond acceptors (Lipinski definition) is 7. The smallest absolute Gasteiger partial charge is 0.247 e. The number of rotatable bonds is 3. The van der Waals surface area contributed by atoms with Crippen molar-refractivity contribution in [2.45, 2.75) is 19.4 Å². The van der Waals surface area contributed by atoms with Crippen LogP contribution in [0.15, 0.2) is 58.1 Å². The van der Waals surface area contributed by atoms with Crippen molar-refractivity contribution in [3.05, 3.63) is 60.0 Å². The summed E-state index contributed by atoms with van der Waals surface area (Å²) >= 11 is 0. The van der Waals surface area contributed by atoms with E-state index in [-0.39, 0.29) is 11.9 Å². The third-order valence-electron chi connectivity index (χ3n) is 3.75. The topological polar surface area (TPSA) is 90.0 Å². The molecule has 0 saturated heterocycles. The minimum Gasteiger partial charge on any atom is -0.508 e. The van der Waals surface area contributed by atoms with Crippen LogP contribution >= 0.6 is 0 Å². The van der Waals surface area contributed by atoms with Crippen LogP contribution in [0.2, 0.25) is 0 Å². The van der Waals surface area contributed by atoms with E-state index in [9.17, 15) is 5.11 Å². The Kier molecular flexibility index (Phi) is 3.81. The number of aryl methyl sites for hydroxylation is 1. The lowest BCUT2D eigenvalue weighted by atomic mass is 10.1. The van der Waals surface area contributed by atoms with E-state index < -0.39 is 0 Å². The van der Waals surface area contributed by atoms with E-state index in [1.807, 2.05) is 24.3 Å². The normalized spacial score (nSPS) is 16.4. The third-order valence-corrected chi connectivity index (χ3v) is 3.75. The van der Waals surface area contributed by atoms with Crippen LogP contribution in [0.5, 0.6) is 11.5 Å². The lowest BCUT2D eigenvalue weighted by molar-refractivity contribution is 0.0855. The molecular weight excluding hydrogens is 322 g/mol. The molecule has 1 atom stereocenters. The minimum absolute atomic E-state index is 0.215. The Morgan fingerprint density at radius 3 is 2.72 bits per heavy atom. The highest BCUT2D eigenvalue weighted by Gasteiger charge is 2.24. The number of aromatic hydroxyl groups is 1. The predicted molar refractivity (Wildman–Crippen MR) is 89.1 cm³/mol. The number of oxime groups is 1. The third kappa shape index (κ3) is 3.30. The highest BCUT2D eigenvalue weighted by Crippen LogP contribution is 2.30. The number of aromatic nitrogens is 2. The van der Waals surface area contributed by atoms with Gasteiger partial charge in [0.25, 0.3) is 0 Å². The molecule has 1 N–H and O–H groups in total. The van der Waals surface area contributed by atoms with Crippen molar-refractivity contribution in [1.29, 1.82) is 0 Å². The van der Waals surface area contributed by atoms with Crippen molar-refractivity contribution < 1.29 is 19.1 Å². The van der Waals surface area contributed by atoms with Gasteiger partial charge in [-0.1, -0.05) is 23.4 Å². The first-order valence-electron chi connectivity index (χ1n) is 7.77. The molecule has 4 rings (SSSR count). The Morgan fingerprint density at radius 1 is 1.12 bits per heavy atom. The van der Waals surface area contributed by atoms with Crippen molar-refractivity contribution in [2.24, 2.45) is 5.16 Å². The van der Waals surface area contributed by atoms with Crippen LogP contribution < -0.4 is 4.74 Å². The highest BCUT2D eigenvalue weighted by atomic mass is 16.7. The van der Waals surface area contributed by atoms with Crippen LogP contribution in [0.25, 0.3) is 11.5 Å². The van der Waals surface area contributed by atoms with Gasteiger partial charge in [-0.2, -0.15) is 0 Å². The quantitative estimate of drug-likeness (QED) is 0.785. The summed E-state index contributed by atoms with van der Waals surface area (Å²) in [5, 5.41) is 21.2. The average molecular weight is 337 g/mol. The molecule has 2 heterocycles. The SMILES string of the molecule is Cc1nnc(-c2cccc(OC3=NO[C@@H](c4ccc(O)cc4)C3)c2)o1. The molecule has 7 heteroatoms. The zero-order valence-electron chi connectivity index (χ0n) is 13.4. The van der Waals surface area contributed by atoms with Gasteiger partial charge >= 0.3 is 0 Å². The minimum atomic E-state index is -0.225. The summed E-state index contributed by atoms with van der Waals surface area (Å²) in [4.78, 5) is 5.42. The Balaban J connectivity index is 1.45. The zero-order chi connectivity index (χ0) is 17.2. The van der Waals surface area contributed by atoms with Crippen LogP contribution in [0, 0.1) is 6.92 Å². The maximum atomic E-state index is 9.36. The lowest BCUT2D eigenvalue weighted by Crippen LogP contribution is -2.07. The van der Waals surface area contributed by atoms with Gasteiger partial charge in [0.1, 0.15) is 11.5 Å². The van der Waals surface area contributed by atoms with Gasteiger partial charge in [-0.15, -0.1) is 10.2 Å². The van der Waals surface area contributed by atoms with Crippen molar-refractivity contribution in [1.82, 2.24) is 10.2 Å². The highest BCUT2D eigenvalue weighted by molar-refractivity contribution is 5.80. The molecule has 0 fully saturated rings. The van der Waals surface area contributed by atoms with Gasteiger partial charge in [-0.3, -0.25) is 0 Å². The Labute approximate surface area is 143 Å². The summed E-state index contributed by atoms with van der Waals surface area (Å²) in [5.41, 5.74) is 1.70. The summed E-state index contributed by atoms with van der Waals surface area (Å²) in [7, 11) is 0. The first-order valence-corrected chi connectivity index (χ1v) is 7.77. The molecule has 0 bridgehead atoms. The monoisotopic (exact) mass is 337 g/mol. The molecule has 0 radical (unpaired) electrons. The Bertz CT molecular complexity index is 918. The number of phenols is 1. The van der Waals surface area contributed by atoms with Crippen LogP contribution in [-0.2, 0) is 4.84 Å². The number of phenolic OH excluding ortho intramolecular Hbond substituents is 1. The van der Waals surface area contributed by atoms with Gasteiger partial charge in [0.05, 0.1) is 6.42 Å². The summed E-state index contributed by atoms with van der Waals surface area (Å²) in [5.74, 6) is 2.26. The first kappa shape index (κ1) is 15.2. The van der Waals surface area contributed by atoms with Crippen molar-refractivity contribution >= 4 is 5.90 Å². The maximum Gasteiger partial charge on any atom is 0.247 e. The molecule has 0 aliphatic carbocycles. The molecule has 0 unspecified atom stereocenters. The van der Waals surface area contributed by atoms with Crippen molar-refractivity contribution in [3.63, 3.8) is 0 Å². The van der Waals surface area contributed by atoms with Crippen molar-refractivity contribution in [2.75, 3.05) is 0 Å². The molecule has 3 aromatic rings. The largest absolute Gasteiger partial charge is 0.508 e. The second-order valence-corrected chi connectivity index (χ2v) is 5.63. The Morgan fingerprint density at radius 2 is 1.96 bits per heavy atom. The molecule has 0 amide bonds. The van der Waals surface area contributed by atoms with E-state index >= 15 is 0 Å². The fourth-order valence-corrected chi connectivity index (χ4v) is 2.53. The van der Waals surface area contributed by atoms with Crippen molar-refractivity contribution in [3.8, 4) is 23.0 Å². The molecule has 0 saturated carbocycles. The van der Waals surface area contributed by atoms with Crippen LogP contribution in [0.3, 0.4) is 0 Å². The summed E-state index contributed by atoms with van der Waals surface area (Å²) in [6, 6.07) is 14.2. The summed E-state index contributed by atoms with van der Waals surface area (Å²) < 4.78 is 11.2. The fourth-order valence-electron chi connectivity index (χ4n) is 2.53. The fraction of sp³-hybridized carbons (Fsp3) is 0.167. The first-order chi connectivity index (χ1) is 12.2. The molecule has 0 spiro atoms. The number of hydrogen-bond donors (Lipinski definition) is 1. The summed E-state index contributed by atoms with van der Waals surface area (Å²) in [6.07, 6.45) is 0.284. The second kappa shape index (κ2) is 6.27. The van der Waals surface area contributed by atoms with Gasteiger partial charge in [0.15, 0.2) is 6.10 Å². The lowest BCUT2D eigenvalue weighted by Gasteiger charge is -2.08. The van der Waals surface area contributed by atoms with Crippen LogP contribution in [-0.4, -0.2) is 21.2 Å². The standard InChI is InChI=1S/C18H15N3O4/c1-11-19-20-18(23-11)13-3-2-4-15(9-13)24-17-10-16(25-21-17)12-5-7-14(22)8-6-12/h2-9,16,22H,10H2,1H3/t16-/m1/s1. The van der Waals surface area contributed by atoms with Gasteiger partial charge in [-0.05, 0) is 35.9 Å². The van der Waals surface area contributed by atoms with E-state index in [0.29, 0.717) is 29.8 Å². The Hall–Kier alpha value is -3.35. The molecule has 7 nitrogen and oxygen atoms in total. The molecule has 1 aromatic heterocycles. The molecular formula is C18H15N3O4. The van der Waals surface area contributed by atoms with E-state index in [4.69, 9.17) is 14.0 Å². The van der Waals surface area contributed by atoms with E-state index in [1.165, 1.54) is 0 Å². The zero-order valence-corrected chi connectivity index (χ0v) is 13.4. The van der Waals surface area contributed by atoms with E-state index in [0.717, 1.165) is 11.1 Å². The number of ether oxygens (including phenoxy) is 1. The van der Waals surface area contributed by atoms with E-state index in [1.54, 1.807) is 31.2 Å². The number of nitrogens with zero attached hydrogens (tertiary/aromatic N) is 3. The van der Waals surface area contributed by atoms with Gasteiger partial charge in [0, 0.05) is 12.5 Å². The molecule has 126 valence electrons. The molecule has 1 aliphatic heterocycles. The summed E-state index contributed by atoms with van der Waals surface area (Å²) in [6.45, 7) is 1.74. The van der Waals surface area contributed by atoms with Gasteiger partial charge in [-0.25, -0.2) is 0 Å². The predicted octanol–water partition coefficient (Wildman–Crippen LogP) is 3.60.